The zero-order chi connectivity index (χ0) is 21.0. The maximum Gasteiger partial charge on any atom is 0.339 e. The van der Waals surface area contributed by atoms with E-state index in [1.807, 2.05) is 12.3 Å². The molecule has 8 heteroatoms. The number of nitrogens with one attached hydrogen (secondary N) is 1. The molecule has 0 radical (unpaired) electrons. The van der Waals surface area contributed by atoms with Crippen LogP contribution in [-0.2, 0) is 22.4 Å². The van der Waals surface area contributed by atoms with Gasteiger partial charge >= 0.3 is 11.6 Å². The highest BCUT2D eigenvalue weighted by molar-refractivity contribution is 7.98. The lowest BCUT2D eigenvalue weighted by Gasteiger charge is -2.19. The SMILES string of the molecule is CSCC[C@@H](NC(=O)C(C)Oc1ccc2c3c(c(=O)oc2c1)CCCC3)C(=O)O. The maximum atomic E-state index is 12.4. The van der Waals surface area contributed by atoms with Crippen molar-refractivity contribution in [3.63, 3.8) is 0 Å². The van der Waals surface area contributed by atoms with E-state index in [-0.39, 0.29) is 5.63 Å². The monoisotopic (exact) mass is 419 g/mol. The summed E-state index contributed by atoms with van der Waals surface area (Å²) in [5.74, 6) is -0.571. The number of ether oxygens (including phenoxy) is 1. The summed E-state index contributed by atoms with van der Waals surface area (Å²) < 4.78 is 11.1. The van der Waals surface area contributed by atoms with Gasteiger partial charge in [0.15, 0.2) is 6.10 Å². The Morgan fingerprint density at radius 2 is 2.00 bits per heavy atom. The molecule has 0 spiro atoms. The molecular formula is C21H25NO6S. The summed E-state index contributed by atoms with van der Waals surface area (Å²) in [7, 11) is 0. The molecule has 2 aromatic rings. The predicted octanol–water partition coefficient (Wildman–Crippen LogP) is 2.76. The highest BCUT2D eigenvalue weighted by atomic mass is 32.2. The van der Waals surface area contributed by atoms with Gasteiger partial charge in [0.05, 0.1) is 0 Å². The van der Waals surface area contributed by atoms with Gasteiger partial charge in [-0.25, -0.2) is 9.59 Å². The average molecular weight is 419 g/mol. The molecule has 156 valence electrons. The van der Waals surface area contributed by atoms with E-state index in [1.54, 1.807) is 19.1 Å². The number of aliphatic carboxylic acids is 1. The van der Waals surface area contributed by atoms with E-state index < -0.39 is 24.0 Å². The second-order valence-electron chi connectivity index (χ2n) is 7.15. The largest absolute Gasteiger partial charge is 0.481 e. The van der Waals surface area contributed by atoms with Crippen molar-refractivity contribution in [1.29, 1.82) is 0 Å². The topological polar surface area (TPSA) is 106 Å². The smallest absolute Gasteiger partial charge is 0.339 e. The molecule has 0 bridgehead atoms. The number of hydrogen-bond donors (Lipinski definition) is 2. The predicted molar refractivity (Wildman–Crippen MR) is 112 cm³/mol. The molecule has 1 heterocycles. The molecule has 3 rings (SSSR count). The first-order valence-corrected chi connectivity index (χ1v) is 11.1. The molecule has 2 N–H and O–H groups in total. The van der Waals surface area contributed by atoms with Gasteiger partial charge in [0, 0.05) is 17.0 Å². The number of thioether (sulfide) groups is 1. The molecule has 0 saturated heterocycles. The van der Waals surface area contributed by atoms with Crippen LogP contribution >= 0.6 is 11.8 Å². The molecular weight excluding hydrogens is 394 g/mol. The summed E-state index contributed by atoms with van der Waals surface area (Å²) in [6.07, 6.45) is 4.94. The minimum Gasteiger partial charge on any atom is -0.481 e. The number of benzene rings is 1. The highest BCUT2D eigenvalue weighted by Crippen LogP contribution is 2.29. The molecule has 0 saturated carbocycles. The van der Waals surface area contributed by atoms with Crippen LogP contribution in [0.4, 0.5) is 0 Å². The van der Waals surface area contributed by atoms with Crippen LogP contribution in [0.3, 0.4) is 0 Å². The van der Waals surface area contributed by atoms with E-state index in [0.29, 0.717) is 23.5 Å². The third-order valence-corrected chi connectivity index (χ3v) is 5.75. The van der Waals surface area contributed by atoms with Gasteiger partial charge in [-0.15, -0.1) is 0 Å². The number of aryl methyl sites for hydroxylation is 1. The second-order valence-corrected chi connectivity index (χ2v) is 8.14. The molecule has 1 aliphatic rings. The van der Waals surface area contributed by atoms with Crippen LogP contribution in [0.1, 0.15) is 37.3 Å². The lowest BCUT2D eigenvalue weighted by Crippen LogP contribution is -2.46. The van der Waals surface area contributed by atoms with Crippen molar-refractivity contribution in [2.75, 3.05) is 12.0 Å². The molecule has 29 heavy (non-hydrogen) atoms. The maximum absolute atomic E-state index is 12.4. The Morgan fingerprint density at radius 1 is 1.28 bits per heavy atom. The fourth-order valence-corrected chi connectivity index (χ4v) is 4.01. The van der Waals surface area contributed by atoms with Gasteiger partial charge in [-0.1, -0.05) is 0 Å². The van der Waals surface area contributed by atoms with Gasteiger partial charge in [-0.2, -0.15) is 11.8 Å². The van der Waals surface area contributed by atoms with Crippen molar-refractivity contribution in [3.05, 3.63) is 39.7 Å². The Labute approximate surface area is 172 Å². The number of carbonyl (C=O) groups excluding carboxylic acids is 1. The van der Waals surface area contributed by atoms with E-state index in [0.717, 1.165) is 42.2 Å². The molecule has 1 amide bonds. The van der Waals surface area contributed by atoms with Crippen LogP contribution in [0, 0.1) is 0 Å². The van der Waals surface area contributed by atoms with Crippen molar-refractivity contribution < 1.29 is 23.8 Å². The fraction of sp³-hybridized carbons (Fsp3) is 0.476. The summed E-state index contributed by atoms with van der Waals surface area (Å²) in [5, 5.41) is 12.7. The number of fused-ring (bicyclic) bond motifs is 3. The normalized spacial score (nSPS) is 15.4. The minimum absolute atomic E-state index is 0.312. The van der Waals surface area contributed by atoms with Gasteiger partial charge in [-0.05, 0) is 68.7 Å². The standard InChI is InChI=1S/C21H25NO6S/c1-12(19(23)22-17(20(24)25)9-10-29-2)27-13-7-8-15-14-5-3-4-6-16(14)21(26)28-18(15)11-13/h7-8,11-12,17H,3-6,9-10H2,1-2H3,(H,22,23)(H,24,25)/t12?,17-/m1/s1. The Kier molecular flexibility index (Phi) is 6.84. The summed E-state index contributed by atoms with van der Waals surface area (Å²) in [6.45, 7) is 1.55. The van der Waals surface area contributed by atoms with Crippen molar-refractivity contribution >= 4 is 34.6 Å². The van der Waals surface area contributed by atoms with E-state index in [9.17, 15) is 19.5 Å². The van der Waals surface area contributed by atoms with Gasteiger partial charge in [0.25, 0.3) is 5.91 Å². The third-order valence-electron chi connectivity index (χ3n) is 5.10. The molecule has 0 fully saturated rings. The molecule has 1 unspecified atom stereocenters. The van der Waals surface area contributed by atoms with Crippen LogP contribution in [0.2, 0.25) is 0 Å². The average Bonchev–Trinajstić information content (AvgIpc) is 2.70. The van der Waals surface area contributed by atoms with E-state index >= 15 is 0 Å². The first-order valence-electron chi connectivity index (χ1n) is 9.68. The summed E-state index contributed by atoms with van der Waals surface area (Å²) in [4.78, 5) is 35.9. The molecule has 1 aliphatic carbocycles. The number of hydrogen-bond acceptors (Lipinski definition) is 6. The zero-order valence-electron chi connectivity index (χ0n) is 16.5. The fourth-order valence-electron chi connectivity index (χ4n) is 3.54. The number of carbonyl (C=O) groups is 2. The Morgan fingerprint density at radius 3 is 2.69 bits per heavy atom. The van der Waals surface area contributed by atoms with Crippen LogP contribution in [0.25, 0.3) is 11.0 Å². The zero-order valence-corrected chi connectivity index (χ0v) is 17.3. The number of carboxylic acid groups (broad SMARTS) is 1. The number of amides is 1. The lowest BCUT2D eigenvalue weighted by atomic mass is 9.91. The number of rotatable bonds is 8. The Balaban J connectivity index is 1.74. The quantitative estimate of drug-likeness (QED) is 0.634. The van der Waals surface area contributed by atoms with Gasteiger partial charge in [0.1, 0.15) is 17.4 Å². The van der Waals surface area contributed by atoms with Crippen molar-refractivity contribution in [3.8, 4) is 5.75 Å². The molecule has 1 aromatic heterocycles. The van der Waals surface area contributed by atoms with Gasteiger partial charge < -0.3 is 19.6 Å². The molecule has 1 aromatic carbocycles. The van der Waals surface area contributed by atoms with Gasteiger partial charge in [0.2, 0.25) is 0 Å². The van der Waals surface area contributed by atoms with Crippen LogP contribution in [0.15, 0.2) is 27.4 Å². The van der Waals surface area contributed by atoms with E-state index in [1.165, 1.54) is 11.8 Å². The Bertz CT molecular complexity index is 970. The molecule has 2 atom stereocenters. The lowest BCUT2D eigenvalue weighted by molar-refractivity contribution is -0.142. The Hall–Kier alpha value is -2.48. The van der Waals surface area contributed by atoms with Crippen LogP contribution in [-0.4, -0.2) is 41.1 Å². The van der Waals surface area contributed by atoms with Crippen LogP contribution < -0.4 is 15.7 Å². The van der Waals surface area contributed by atoms with Crippen molar-refractivity contribution in [1.82, 2.24) is 5.32 Å². The van der Waals surface area contributed by atoms with E-state index in [2.05, 4.69) is 5.32 Å². The first-order chi connectivity index (χ1) is 13.9. The number of carboxylic acids is 1. The summed E-state index contributed by atoms with van der Waals surface area (Å²) in [6, 6.07) is 4.24. The molecule has 0 aliphatic heterocycles. The van der Waals surface area contributed by atoms with Crippen LogP contribution in [0.5, 0.6) is 5.75 Å². The van der Waals surface area contributed by atoms with Gasteiger partial charge in [-0.3, -0.25) is 4.79 Å². The molecule has 7 nitrogen and oxygen atoms in total. The van der Waals surface area contributed by atoms with Crippen molar-refractivity contribution in [2.45, 2.75) is 51.2 Å². The summed E-state index contributed by atoms with van der Waals surface area (Å²) >= 11 is 1.52. The minimum atomic E-state index is -1.07. The second kappa shape index (κ2) is 9.35. The summed E-state index contributed by atoms with van der Waals surface area (Å²) in [5.41, 5.74) is 1.92. The third kappa shape index (κ3) is 4.93. The van der Waals surface area contributed by atoms with E-state index in [4.69, 9.17) is 9.15 Å². The first kappa shape index (κ1) is 21.2. The highest BCUT2D eigenvalue weighted by Gasteiger charge is 2.24. The van der Waals surface area contributed by atoms with Crippen molar-refractivity contribution in [2.24, 2.45) is 0 Å².